The molecule has 1 aromatic carbocycles. The first-order chi connectivity index (χ1) is 8.24. The highest BCUT2D eigenvalue weighted by Crippen LogP contribution is 2.17. The number of H-pyrrole nitrogens is 1. The van der Waals surface area contributed by atoms with Crippen LogP contribution in [0, 0.1) is 0 Å². The topological polar surface area (TPSA) is 49.9 Å². The molecule has 2 aromatic rings. The zero-order valence-corrected chi connectivity index (χ0v) is 10.1. The van der Waals surface area contributed by atoms with Gasteiger partial charge in [0.25, 0.3) is 0 Å². The minimum absolute atomic E-state index is 0.207. The maximum absolute atomic E-state index is 5.58. The number of benzene rings is 1. The fraction of sp³-hybridized carbons (Fsp3) is 0.308. The second-order valence-corrected chi connectivity index (χ2v) is 4.13. The third-order valence-electron chi connectivity index (χ3n) is 2.27. The van der Waals surface area contributed by atoms with E-state index in [-0.39, 0.29) is 6.10 Å². The number of nitrogens with one attached hydrogen (secondary N) is 2. The Morgan fingerprint density at radius 3 is 2.59 bits per heavy atom. The highest BCUT2D eigenvalue weighted by molar-refractivity contribution is 5.46. The summed E-state index contributed by atoms with van der Waals surface area (Å²) in [6.07, 6.45) is 1.95. The molecule has 0 saturated heterocycles. The van der Waals surface area contributed by atoms with Gasteiger partial charge in [-0.15, -0.1) is 0 Å². The van der Waals surface area contributed by atoms with Gasteiger partial charge in [-0.1, -0.05) is 0 Å². The highest BCUT2D eigenvalue weighted by Gasteiger charge is 1.98. The lowest BCUT2D eigenvalue weighted by molar-refractivity contribution is 0.242. The predicted molar refractivity (Wildman–Crippen MR) is 68.1 cm³/mol. The van der Waals surface area contributed by atoms with Crippen molar-refractivity contribution >= 4 is 5.69 Å². The molecular weight excluding hydrogens is 214 g/mol. The molecule has 0 aliphatic rings. The van der Waals surface area contributed by atoms with E-state index in [4.69, 9.17) is 4.74 Å². The quantitative estimate of drug-likeness (QED) is 0.832. The number of hydrogen-bond donors (Lipinski definition) is 2. The number of hydrogen-bond acceptors (Lipinski definition) is 3. The summed E-state index contributed by atoms with van der Waals surface area (Å²) in [4.78, 5) is 0. The molecule has 0 fully saturated rings. The second kappa shape index (κ2) is 5.39. The molecule has 90 valence electrons. The van der Waals surface area contributed by atoms with Crippen molar-refractivity contribution in [3.63, 3.8) is 0 Å². The molecule has 4 heteroatoms. The Hall–Kier alpha value is -1.97. The van der Waals surface area contributed by atoms with E-state index < -0.39 is 0 Å². The van der Waals surface area contributed by atoms with Gasteiger partial charge >= 0.3 is 0 Å². The minimum atomic E-state index is 0.207. The maximum atomic E-state index is 5.58. The van der Waals surface area contributed by atoms with Crippen molar-refractivity contribution in [2.45, 2.75) is 26.5 Å². The van der Waals surface area contributed by atoms with Gasteiger partial charge < -0.3 is 10.1 Å². The maximum Gasteiger partial charge on any atom is 0.119 e. The Bertz CT molecular complexity index is 434. The van der Waals surface area contributed by atoms with E-state index in [1.165, 1.54) is 0 Å². The van der Waals surface area contributed by atoms with Crippen molar-refractivity contribution in [2.24, 2.45) is 0 Å². The van der Waals surface area contributed by atoms with E-state index in [2.05, 4.69) is 15.5 Å². The van der Waals surface area contributed by atoms with Crippen molar-refractivity contribution in [3.8, 4) is 5.75 Å². The lowest BCUT2D eigenvalue weighted by atomic mass is 10.3. The molecule has 2 rings (SSSR count). The van der Waals surface area contributed by atoms with Crippen LogP contribution in [-0.4, -0.2) is 16.3 Å². The number of ether oxygens (including phenoxy) is 1. The van der Waals surface area contributed by atoms with Crippen LogP contribution in [0.1, 0.15) is 19.5 Å². The number of aromatic amines is 1. The smallest absolute Gasteiger partial charge is 0.119 e. The Morgan fingerprint density at radius 1 is 1.24 bits per heavy atom. The van der Waals surface area contributed by atoms with Crippen molar-refractivity contribution < 1.29 is 4.74 Å². The van der Waals surface area contributed by atoms with E-state index in [0.717, 1.165) is 23.7 Å². The molecule has 0 saturated carbocycles. The van der Waals surface area contributed by atoms with Crippen LogP contribution in [0.5, 0.6) is 5.75 Å². The van der Waals surface area contributed by atoms with Gasteiger partial charge in [-0.05, 0) is 44.2 Å². The lowest BCUT2D eigenvalue weighted by Crippen LogP contribution is -2.05. The zero-order valence-electron chi connectivity index (χ0n) is 10.1. The molecule has 0 unspecified atom stereocenters. The molecule has 1 aromatic heterocycles. The van der Waals surface area contributed by atoms with Crippen LogP contribution in [0.3, 0.4) is 0 Å². The first-order valence-corrected chi connectivity index (χ1v) is 5.73. The van der Waals surface area contributed by atoms with E-state index in [1.807, 2.05) is 44.2 Å². The van der Waals surface area contributed by atoms with Gasteiger partial charge in [-0.25, -0.2) is 0 Å². The Labute approximate surface area is 101 Å². The molecule has 0 bridgehead atoms. The zero-order chi connectivity index (χ0) is 12.1. The fourth-order valence-corrected chi connectivity index (χ4v) is 1.50. The van der Waals surface area contributed by atoms with Gasteiger partial charge in [-0.3, -0.25) is 5.10 Å². The standard InChI is InChI=1S/C13H17N3O/c1-10(2)17-13-5-3-11(4-6-13)14-9-12-7-8-15-16-12/h3-8,10,14H,9H2,1-2H3,(H,15,16). The van der Waals surface area contributed by atoms with Crippen molar-refractivity contribution in [3.05, 3.63) is 42.2 Å². The molecule has 0 aliphatic carbocycles. The van der Waals surface area contributed by atoms with Gasteiger partial charge in [0, 0.05) is 11.9 Å². The highest BCUT2D eigenvalue weighted by atomic mass is 16.5. The number of aromatic nitrogens is 2. The van der Waals surface area contributed by atoms with E-state index in [9.17, 15) is 0 Å². The lowest BCUT2D eigenvalue weighted by Gasteiger charge is -2.10. The van der Waals surface area contributed by atoms with E-state index >= 15 is 0 Å². The molecular formula is C13H17N3O. The van der Waals surface area contributed by atoms with Gasteiger partial charge in [-0.2, -0.15) is 5.10 Å². The summed E-state index contributed by atoms with van der Waals surface area (Å²) in [5.41, 5.74) is 2.13. The van der Waals surface area contributed by atoms with Gasteiger partial charge in [0.05, 0.1) is 18.3 Å². The van der Waals surface area contributed by atoms with Crippen molar-refractivity contribution in [2.75, 3.05) is 5.32 Å². The van der Waals surface area contributed by atoms with Crippen LogP contribution >= 0.6 is 0 Å². The average Bonchev–Trinajstić information content (AvgIpc) is 2.80. The summed E-state index contributed by atoms with van der Waals surface area (Å²) in [5.74, 6) is 0.895. The van der Waals surface area contributed by atoms with E-state index in [0.29, 0.717) is 0 Å². The monoisotopic (exact) mass is 231 g/mol. The van der Waals surface area contributed by atoms with Crippen LogP contribution in [0.15, 0.2) is 36.5 Å². The number of rotatable bonds is 5. The normalized spacial score (nSPS) is 10.5. The van der Waals surface area contributed by atoms with Crippen molar-refractivity contribution in [1.82, 2.24) is 10.2 Å². The Kier molecular flexibility index (Phi) is 3.65. The van der Waals surface area contributed by atoms with Crippen molar-refractivity contribution in [1.29, 1.82) is 0 Å². The van der Waals surface area contributed by atoms with Gasteiger partial charge in [0.15, 0.2) is 0 Å². The number of anilines is 1. The fourth-order valence-electron chi connectivity index (χ4n) is 1.50. The van der Waals surface area contributed by atoms with Crippen LogP contribution < -0.4 is 10.1 Å². The summed E-state index contributed by atoms with van der Waals surface area (Å²) in [5, 5.41) is 10.1. The van der Waals surface area contributed by atoms with Crippen LogP contribution in [0.2, 0.25) is 0 Å². The SMILES string of the molecule is CC(C)Oc1ccc(NCc2ccn[nH]2)cc1. The third-order valence-corrected chi connectivity index (χ3v) is 2.27. The van der Waals surface area contributed by atoms with Crippen LogP contribution in [0.25, 0.3) is 0 Å². The predicted octanol–water partition coefficient (Wildman–Crippen LogP) is 2.81. The molecule has 4 nitrogen and oxygen atoms in total. The third kappa shape index (κ3) is 3.52. The molecule has 0 amide bonds. The molecule has 0 aliphatic heterocycles. The van der Waals surface area contributed by atoms with Gasteiger partial charge in [0.2, 0.25) is 0 Å². The molecule has 1 heterocycles. The summed E-state index contributed by atoms with van der Waals surface area (Å²) < 4.78 is 5.58. The first kappa shape index (κ1) is 11.5. The molecule has 17 heavy (non-hydrogen) atoms. The first-order valence-electron chi connectivity index (χ1n) is 5.73. The van der Waals surface area contributed by atoms with Crippen LogP contribution in [0.4, 0.5) is 5.69 Å². The molecule has 2 N–H and O–H groups in total. The van der Waals surface area contributed by atoms with Crippen LogP contribution in [-0.2, 0) is 6.54 Å². The Balaban J connectivity index is 1.89. The largest absolute Gasteiger partial charge is 0.491 e. The summed E-state index contributed by atoms with van der Waals surface area (Å²) in [6, 6.07) is 9.90. The number of nitrogens with zero attached hydrogens (tertiary/aromatic N) is 1. The average molecular weight is 231 g/mol. The molecule has 0 atom stereocenters. The summed E-state index contributed by atoms with van der Waals surface area (Å²) >= 11 is 0. The molecule has 0 radical (unpaired) electrons. The Morgan fingerprint density at radius 2 is 2.00 bits per heavy atom. The van der Waals surface area contributed by atoms with E-state index in [1.54, 1.807) is 6.20 Å². The molecule has 0 spiro atoms. The summed E-state index contributed by atoms with van der Waals surface area (Å²) in [7, 11) is 0. The minimum Gasteiger partial charge on any atom is -0.491 e. The second-order valence-electron chi connectivity index (χ2n) is 4.13. The van der Waals surface area contributed by atoms with Gasteiger partial charge in [0.1, 0.15) is 5.75 Å². The summed E-state index contributed by atoms with van der Waals surface area (Å²) in [6.45, 7) is 4.78.